The van der Waals surface area contributed by atoms with Crippen LogP contribution in [0.4, 0.5) is 0 Å². The Bertz CT molecular complexity index is 605. The Balaban J connectivity index is 3.01. The Morgan fingerprint density at radius 1 is 1.53 bits per heavy atom. The fourth-order valence-electron chi connectivity index (χ4n) is 1.49. The second-order valence-corrected chi connectivity index (χ2v) is 5.55. The first kappa shape index (κ1) is 15.2. The number of sulfonamides is 1. The molecule has 1 heterocycles. The Morgan fingerprint density at radius 3 is 2.47 bits per heavy atom. The molecular weight excluding hydrogens is 274 g/mol. The molecule has 0 radical (unpaired) electrons. The highest BCUT2D eigenvalue weighted by Crippen LogP contribution is 2.12. The summed E-state index contributed by atoms with van der Waals surface area (Å²) in [4.78, 5) is 22.5. The number of nitrogens with one attached hydrogen (secondary N) is 1. The van der Waals surface area contributed by atoms with Crippen LogP contribution in [0.15, 0.2) is 17.2 Å². The third kappa shape index (κ3) is 3.55. The van der Waals surface area contributed by atoms with Crippen LogP contribution >= 0.6 is 0 Å². The van der Waals surface area contributed by atoms with Crippen molar-refractivity contribution in [3.8, 4) is 0 Å². The monoisotopic (exact) mass is 289 g/mol. The van der Waals surface area contributed by atoms with Crippen molar-refractivity contribution in [3.05, 3.63) is 18.0 Å². The molecule has 0 saturated heterocycles. The fourth-order valence-corrected chi connectivity index (χ4v) is 2.07. The van der Waals surface area contributed by atoms with Gasteiger partial charge in [-0.25, -0.2) is 18.4 Å². The lowest BCUT2D eigenvalue weighted by atomic mass is 10.2. The van der Waals surface area contributed by atoms with Gasteiger partial charge in [0, 0.05) is 13.2 Å². The average molecular weight is 289 g/mol. The summed E-state index contributed by atoms with van der Waals surface area (Å²) in [5.74, 6) is -1.83. The first-order valence-electron chi connectivity index (χ1n) is 5.39. The number of carboxylic acid groups (broad SMARTS) is 1. The van der Waals surface area contributed by atoms with Crippen LogP contribution < -0.4 is 10.5 Å². The molecular formula is C10H15N3O5S. The predicted molar refractivity (Wildman–Crippen MR) is 66.0 cm³/mol. The van der Waals surface area contributed by atoms with Gasteiger partial charge in [0.1, 0.15) is 16.6 Å². The largest absolute Gasteiger partial charge is 0.480 e. The summed E-state index contributed by atoms with van der Waals surface area (Å²) in [6, 6.07) is 0.0690. The highest BCUT2D eigenvalue weighted by Gasteiger charge is 2.22. The van der Waals surface area contributed by atoms with Crippen molar-refractivity contribution in [3.63, 3.8) is 0 Å². The van der Waals surface area contributed by atoms with Crippen LogP contribution in [0.1, 0.15) is 23.8 Å². The normalized spacial score (nSPS) is 13.0. The number of rotatable bonds is 5. The van der Waals surface area contributed by atoms with E-state index in [1.165, 1.54) is 17.8 Å². The maximum Gasteiger partial charge on any atom is 0.326 e. The average Bonchev–Trinajstić information content (AvgIpc) is 2.67. The van der Waals surface area contributed by atoms with Gasteiger partial charge < -0.3 is 15.0 Å². The van der Waals surface area contributed by atoms with E-state index >= 15 is 0 Å². The summed E-state index contributed by atoms with van der Waals surface area (Å²) < 4.78 is 23.6. The van der Waals surface area contributed by atoms with Gasteiger partial charge in [-0.3, -0.25) is 4.79 Å². The molecule has 1 aromatic rings. The highest BCUT2D eigenvalue weighted by molar-refractivity contribution is 7.89. The van der Waals surface area contributed by atoms with Crippen LogP contribution in [0, 0.1) is 0 Å². The minimum Gasteiger partial charge on any atom is -0.480 e. The van der Waals surface area contributed by atoms with E-state index in [4.69, 9.17) is 10.2 Å². The van der Waals surface area contributed by atoms with E-state index in [2.05, 4.69) is 5.32 Å². The van der Waals surface area contributed by atoms with Crippen molar-refractivity contribution in [2.45, 2.75) is 24.3 Å². The van der Waals surface area contributed by atoms with Gasteiger partial charge in [0.05, 0.1) is 0 Å². The van der Waals surface area contributed by atoms with Crippen molar-refractivity contribution in [1.82, 2.24) is 9.88 Å². The predicted octanol–water partition coefficient (Wildman–Crippen LogP) is -0.734. The summed E-state index contributed by atoms with van der Waals surface area (Å²) in [6.07, 6.45) is 1.40. The minimum atomic E-state index is -3.91. The van der Waals surface area contributed by atoms with Gasteiger partial charge in [-0.1, -0.05) is 6.92 Å². The van der Waals surface area contributed by atoms with Gasteiger partial charge >= 0.3 is 5.97 Å². The Kier molecular flexibility index (Phi) is 4.32. The number of carboxylic acids is 1. The van der Waals surface area contributed by atoms with E-state index < -0.39 is 27.9 Å². The Morgan fingerprint density at radius 2 is 2.11 bits per heavy atom. The molecule has 0 saturated carbocycles. The van der Waals surface area contributed by atoms with Gasteiger partial charge in [0.25, 0.3) is 5.91 Å². The topological polar surface area (TPSA) is 131 Å². The molecule has 106 valence electrons. The van der Waals surface area contributed by atoms with Gasteiger partial charge in [-0.15, -0.1) is 0 Å². The van der Waals surface area contributed by atoms with E-state index in [1.54, 1.807) is 6.92 Å². The van der Waals surface area contributed by atoms with Crippen LogP contribution in [0.2, 0.25) is 0 Å². The van der Waals surface area contributed by atoms with Crippen molar-refractivity contribution in [2.24, 2.45) is 12.2 Å². The lowest BCUT2D eigenvalue weighted by Gasteiger charge is -2.12. The van der Waals surface area contributed by atoms with E-state index in [1.807, 2.05) is 0 Å². The van der Waals surface area contributed by atoms with Crippen molar-refractivity contribution < 1.29 is 23.1 Å². The minimum absolute atomic E-state index is 0.0173. The molecule has 4 N–H and O–H groups in total. The van der Waals surface area contributed by atoms with Crippen LogP contribution in [0.5, 0.6) is 0 Å². The number of hydrogen-bond acceptors (Lipinski definition) is 4. The first-order chi connectivity index (χ1) is 8.66. The summed E-state index contributed by atoms with van der Waals surface area (Å²) >= 11 is 0. The van der Waals surface area contributed by atoms with Gasteiger partial charge in [0.2, 0.25) is 10.0 Å². The number of aromatic nitrogens is 1. The molecule has 1 atom stereocenters. The Hall–Kier alpha value is -1.87. The number of amides is 1. The molecule has 1 aromatic heterocycles. The number of primary sulfonamides is 1. The quantitative estimate of drug-likeness (QED) is 0.657. The number of nitrogens with two attached hydrogens (primary N) is 1. The number of carbonyl (C=O) groups excluding carboxylic acids is 1. The standard InChI is InChI=1S/C10H15N3O5S/c1-3-7(10(15)16)12-9(14)8-4-6(5-13(8)2)19(11,17)18/h4-5,7H,3H2,1-2H3,(H,12,14)(H,15,16)(H2,11,17,18)/t7-/m0/s1. The van der Waals surface area contributed by atoms with Crippen LogP contribution in [0.25, 0.3) is 0 Å². The fraction of sp³-hybridized carbons (Fsp3) is 0.400. The van der Waals surface area contributed by atoms with Gasteiger partial charge in [0.15, 0.2) is 0 Å². The zero-order valence-corrected chi connectivity index (χ0v) is 11.3. The molecule has 1 amide bonds. The third-order valence-corrected chi connectivity index (χ3v) is 3.43. The maximum atomic E-state index is 11.8. The lowest BCUT2D eigenvalue weighted by Crippen LogP contribution is -2.40. The third-order valence-electron chi connectivity index (χ3n) is 2.55. The number of carbonyl (C=O) groups is 2. The zero-order valence-electron chi connectivity index (χ0n) is 10.5. The lowest BCUT2D eigenvalue weighted by molar-refractivity contribution is -0.139. The molecule has 9 heteroatoms. The van der Waals surface area contributed by atoms with Crippen molar-refractivity contribution in [1.29, 1.82) is 0 Å². The molecule has 0 aliphatic heterocycles. The molecule has 1 rings (SSSR count). The van der Waals surface area contributed by atoms with E-state index in [9.17, 15) is 18.0 Å². The second kappa shape index (κ2) is 5.41. The molecule has 0 fully saturated rings. The van der Waals surface area contributed by atoms with E-state index in [-0.39, 0.29) is 17.0 Å². The SMILES string of the molecule is CC[C@H](NC(=O)c1cc(S(N)(=O)=O)cn1C)C(=O)O. The molecule has 0 aliphatic carbocycles. The van der Waals surface area contributed by atoms with Crippen LogP contribution in [0.3, 0.4) is 0 Å². The number of aryl methyl sites for hydroxylation is 1. The molecule has 0 bridgehead atoms. The first-order valence-corrected chi connectivity index (χ1v) is 6.94. The molecule has 0 spiro atoms. The van der Waals surface area contributed by atoms with Gasteiger partial charge in [-0.05, 0) is 12.5 Å². The molecule has 0 aliphatic rings. The zero-order chi connectivity index (χ0) is 14.8. The van der Waals surface area contributed by atoms with Crippen molar-refractivity contribution in [2.75, 3.05) is 0 Å². The van der Waals surface area contributed by atoms with Crippen LogP contribution in [-0.2, 0) is 21.9 Å². The number of nitrogens with zero attached hydrogens (tertiary/aromatic N) is 1. The summed E-state index contributed by atoms with van der Waals surface area (Å²) in [7, 11) is -2.44. The maximum absolute atomic E-state index is 11.8. The second-order valence-electron chi connectivity index (χ2n) is 3.99. The van der Waals surface area contributed by atoms with E-state index in [0.29, 0.717) is 0 Å². The number of aliphatic carboxylic acids is 1. The van der Waals surface area contributed by atoms with E-state index in [0.717, 1.165) is 6.07 Å². The van der Waals surface area contributed by atoms with Crippen molar-refractivity contribution >= 4 is 21.9 Å². The Labute approximate surface area is 110 Å². The molecule has 0 unspecified atom stereocenters. The highest BCUT2D eigenvalue weighted by atomic mass is 32.2. The van der Waals surface area contributed by atoms with Crippen LogP contribution in [-0.4, -0.2) is 36.0 Å². The molecule has 0 aromatic carbocycles. The number of hydrogen-bond donors (Lipinski definition) is 3. The summed E-state index contributed by atoms with van der Waals surface area (Å²) in [5.41, 5.74) is 0.0173. The molecule has 19 heavy (non-hydrogen) atoms. The summed E-state index contributed by atoms with van der Waals surface area (Å²) in [5, 5.41) is 16.1. The summed E-state index contributed by atoms with van der Waals surface area (Å²) in [6.45, 7) is 1.61. The van der Waals surface area contributed by atoms with Gasteiger partial charge in [-0.2, -0.15) is 0 Å². The smallest absolute Gasteiger partial charge is 0.326 e. The molecule has 8 nitrogen and oxygen atoms in total.